The fraction of sp³-hybridized carbons (Fsp3) is 0.483. The van der Waals surface area contributed by atoms with Gasteiger partial charge in [0.15, 0.2) is 5.82 Å². The van der Waals surface area contributed by atoms with Crippen LogP contribution in [-0.4, -0.2) is 34.7 Å². The van der Waals surface area contributed by atoms with Gasteiger partial charge < -0.3 is 0 Å². The maximum absolute atomic E-state index is 13.5. The van der Waals surface area contributed by atoms with E-state index in [0.29, 0.717) is 36.0 Å². The third-order valence-corrected chi connectivity index (χ3v) is 8.25. The van der Waals surface area contributed by atoms with E-state index in [2.05, 4.69) is 48.3 Å². The maximum Gasteiger partial charge on any atom is 0.328 e. The number of hydrogen-bond donors (Lipinski definition) is 1. The van der Waals surface area contributed by atoms with Crippen molar-refractivity contribution in [3.8, 4) is 22.5 Å². The van der Waals surface area contributed by atoms with E-state index in [1.807, 2.05) is 59.6 Å². The van der Waals surface area contributed by atoms with E-state index in [1.54, 1.807) is 4.57 Å². The number of pyridine rings is 1. The molecule has 1 saturated carbocycles. The molecule has 4 unspecified atom stereocenters. The SMILES string of the molecule is CCCC(C1C(CC)CC1C(C)C)n1ccn(Cc2ccc(-c3ccccc3-c3nnn[nH]3)cn2)c1=O. The minimum Gasteiger partial charge on any atom is -0.296 e. The average Bonchev–Trinajstić information content (AvgIpc) is 3.54. The van der Waals surface area contributed by atoms with E-state index in [1.165, 1.54) is 12.8 Å². The lowest BCUT2D eigenvalue weighted by Crippen LogP contribution is -2.46. The Morgan fingerprint density at radius 2 is 1.89 bits per heavy atom. The van der Waals surface area contributed by atoms with Crippen molar-refractivity contribution in [1.82, 2.24) is 34.7 Å². The number of nitrogens with one attached hydrogen (secondary N) is 1. The van der Waals surface area contributed by atoms with Gasteiger partial charge in [-0.1, -0.05) is 70.9 Å². The smallest absolute Gasteiger partial charge is 0.296 e. The molecule has 0 spiro atoms. The molecule has 8 heteroatoms. The summed E-state index contributed by atoms with van der Waals surface area (Å²) < 4.78 is 3.81. The van der Waals surface area contributed by atoms with Crippen LogP contribution in [0.4, 0.5) is 0 Å². The number of aromatic nitrogens is 7. The van der Waals surface area contributed by atoms with Gasteiger partial charge >= 0.3 is 5.69 Å². The van der Waals surface area contributed by atoms with E-state index in [-0.39, 0.29) is 11.7 Å². The Hall–Kier alpha value is -3.55. The maximum atomic E-state index is 13.5. The van der Waals surface area contributed by atoms with Gasteiger partial charge in [-0.2, -0.15) is 0 Å². The molecule has 0 radical (unpaired) electrons. The van der Waals surface area contributed by atoms with Crippen LogP contribution in [0, 0.1) is 23.7 Å². The minimum atomic E-state index is 0.0664. The van der Waals surface area contributed by atoms with E-state index in [0.717, 1.165) is 35.2 Å². The minimum absolute atomic E-state index is 0.0664. The predicted octanol–water partition coefficient (Wildman–Crippen LogP) is 5.60. The Morgan fingerprint density at radius 3 is 2.54 bits per heavy atom. The molecule has 1 N–H and O–H groups in total. The Kier molecular flexibility index (Phi) is 7.35. The zero-order valence-electron chi connectivity index (χ0n) is 22.2. The normalized spacial score (nSPS) is 20.2. The first kappa shape index (κ1) is 25.1. The molecule has 3 aromatic heterocycles. The summed E-state index contributed by atoms with van der Waals surface area (Å²) in [7, 11) is 0. The number of imidazole rings is 1. The van der Waals surface area contributed by atoms with Gasteiger partial charge in [0.25, 0.3) is 0 Å². The Labute approximate surface area is 218 Å². The van der Waals surface area contributed by atoms with Gasteiger partial charge in [-0.3, -0.25) is 14.1 Å². The number of hydrogen-bond acceptors (Lipinski definition) is 5. The van der Waals surface area contributed by atoms with Crippen molar-refractivity contribution in [1.29, 1.82) is 0 Å². The second-order valence-corrected chi connectivity index (χ2v) is 10.7. The van der Waals surface area contributed by atoms with Crippen LogP contribution in [0.1, 0.15) is 65.1 Å². The largest absolute Gasteiger partial charge is 0.328 e. The lowest BCUT2D eigenvalue weighted by atomic mass is 9.56. The van der Waals surface area contributed by atoms with Crippen LogP contribution in [-0.2, 0) is 6.54 Å². The number of benzene rings is 1. The molecule has 4 atom stereocenters. The summed E-state index contributed by atoms with van der Waals surface area (Å²) in [6.07, 6.45) is 10.4. The molecule has 0 saturated heterocycles. The van der Waals surface area contributed by atoms with Crippen LogP contribution in [0.25, 0.3) is 22.5 Å². The van der Waals surface area contributed by atoms with Gasteiger partial charge in [0, 0.05) is 35.8 Å². The summed E-state index contributed by atoms with van der Waals surface area (Å²) in [6, 6.07) is 12.3. The van der Waals surface area contributed by atoms with Crippen molar-refractivity contribution in [3.63, 3.8) is 0 Å². The van der Waals surface area contributed by atoms with Crippen molar-refractivity contribution in [3.05, 3.63) is 71.2 Å². The molecule has 1 fully saturated rings. The van der Waals surface area contributed by atoms with Crippen LogP contribution in [0.2, 0.25) is 0 Å². The van der Waals surface area contributed by atoms with Crippen LogP contribution >= 0.6 is 0 Å². The van der Waals surface area contributed by atoms with Crippen LogP contribution in [0.5, 0.6) is 0 Å². The second kappa shape index (κ2) is 10.8. The molecule has 3 heterocycles. The molecule has 0 amide bonds. The quantitative estimate of drug-likeness (QED) is 0.306. The summed E-state index contributed by atoms with van der Waals surface area (Å²) in [4.78, 5) is 18.2. The highest BCUT2D eigenvalue weighted by atomic mass is 16.1. The number of aromatic amines is 1. The lowest BCUT2D eigenvalue weighted by Gasteiger charge is -2.51. The number of H-pyrrole nitrogens is 1. The summed E-state index contributed by atoms with van der Waals surface area (Å²) >= 11 is 0. The molecule has 0 bridgehead atoms. The molecule has 4 aromatic rings. The highest BCUT2D eigenvalue weighted by Gasteiger charge is 2.46. The molecular weight excluding hydrogens is 462 g/mol. The molecule has 5 rings (SSSR count). The van der Waals surface area contributed by atoms with Gasteiger partial charge in [0.1, 0.15) is 0 Å². The lowest BCUT2D eigenvalue weighted by molar-refractivity contribution is -0.0130. The first-order chi connectivity index (χ1) is 18.0. The molecule has 37 heavy (non-hydrogen) atoms. The number of tetrazole rings is 1. The predicted molar refractivity (Wildman–Crippen MR) is 145 cm³/mol. The van der Waals surface area contributed by atoms with Crippen LogP contribution < -0.4 is 5.69 Å². The Bertz CT molecular complexity index is 1350. The Morgan fingerprint density at radius 1 is 1.08 bits per heavy atom. The van der Waals surface area contributed by atoms with Crippen molar-refractivity contribution >= 4 is 0 Å². The summed E-state index contributed by atoms with van der Waals surface area (Å²) in [5.41, 5.74) is 3.80. The third-order valence-electron chi connectivity index (χ3n) is 8.25. The first-order valence-electron chi connectivity index (χ1n) is 13.6. The summed E-state index contributed by atoms with van der Waals surface area (Å²) in [6.45, 7) is 9.63. The van der Waals surface area contributed by atoms with Gasteiger partial charge in [-0.05, 0) is 58.6 Å². The summed E-state index contributed by atoms with van der Waals surface area (Å²) in [5.74, 6) is 3.25. The van der Waals surface area contributed by atoms with E-state index in [9.17, 15) is 4.79 Å². The summed E-state index contributed by atoms with van der Waals surface area (Å²) in [5, 5.41) is 14.3. The highest BCUT2D eigenvalue weighted by Crippen LogP contribution is 2.52. The van der Waals surface area contributed by atoms with Crippen LogP contribution in [0.3, 0.4) is 0 Å². The molecule has 194 valence electrons. The molecule has 1 aliphatic rings. The fourth-order valence-corrected chi connectivity index (χ4v) is 6.25. The monoisotopic (exact) mass is 499 g/mol. The zero-order valence-corrected chi connectivity index (χ0v) is 22.2. The molecule has 0 aliphatic heterocycles. The molecule has 8 nitrogen and oxygen atoms in total. The van der Waals surface area contributed by atoms with Crippen LogP contribution in [0.15, 0.2) is 59.8 Å². The van der Waals surface area contributed by atoms with Gasteiger partial charge in [0.2, 0.25) is 0 Å². The molecule has 1 aliphatic carbocycles. The third kappa shape index (κ3) is 4.89. The standard InChI is InChI=1S/C29H37N7O/c1-5-9-26(27-20(6-2)16-25(27)19(3)4)36-15-14-35(29(36)37)18-22-13-12-21(17-30-22)23-10-7-8-11-24(23)28-31-33-34-32-28/h7-8,10-15,17,19-20,25-27H,5-6,9,16,18H2,1-4H3,(H,31,32,33,34). The van der Waals surface area contributed by atoms with Crippen molar-refractivity contribution < 1.29 is 0 Å². The van der Waals surface area contributed by atoms with E-state index < -0.39 is 0 Å². The van der Waals surface area contributed by atoms with E-state index >= 15 is 0 Å². The molecule has 1 aromatic carbocycles. The second-order valence-electron chi connectivity index (χ2n) is 10.7. The fourth-order valence-electron chi connectivity index (χ4n) is 6.25. The number of nitrogens with zero attached hydrogens (tertiary/aromatic N) is 6. The van der Waals surface area contributed by atoms with Gasteiger partial charge in [0.05, 0.1) is 12.2 Å². The van der Waals surface area contributed by atoms with E-state index in [4.69, 9.17) is 4.98 Å². The average molecular weight is 500 g/mol. The van der Waals surface area contributed by atoms with Crippen molar-refractivity contribution in [2.45, 2.75) is 66.0 Å². The highest BCUT2D eigenvalue weighted by molar-refractivity contribution is 5.79. The first-order valence-corrected chi connectivity index (χ1v) is 13.6. The van der Waals surface area contributed by atoms with Crippen molar-refractivity contribution in [2.24, 2.45) is 23.7 Å². The topological polar surface area (TPSA) is 94.3 Å². The number of rotatable bonds is 10. The van der Waals surface area contributed by atoms with Gasteiger partial charge in [-0.15, -0.1) is 5.10 Å². The molecular formula is C29H37N7O. The van der Waals surface area contributed by atoms with Crippen molar-refractivity contribution in [2.75, 3.05) is 0 Å². The Balaban J connectivity index is 1.37. The van der Waals surface area contributed by atoms with Gasteiger partial charge in [-0.25, -0.2) is 9.89 Å². The zero-order chi connectivity index (χ0) is 25.9.